The SMILES string of the molecule is CCc1nnc(C)cc1C(=O)N1CCNC(=O)C1C. The topological polar surface area (TPSA) is 75.2 Å². The van der Waals surface area contributed by atoms with Crippen molar-refractivity contribution in [1.29, 1.82) is 0 Å². The third-order valence-electron chi connectivity index (χ3n) is 3.32. The quantitative estimate of drug-likeness (QED) is 0.832. The molecule has 2 heterocycles. The summed E-state index contributed by atoms with van der Waals surface area (Å²) in [5.74, 6) is -0.256. The smallest absolute Gasteiger partial charge is 0.256 e. The maximum atomic E-state index is 12.6. The highest BCUT2D eigenvalue weighted by Gasteiger charge is 2.31. The summed E-state index contributed by atoms with van der Waals surface area (Å²) in [5.41, 5.74) is 1.93. The molecule has 0 aromatic carbocycles. The Morgan fingerprint density at radius 3 is 2.95 bits per heavy atom. The van der Waals surface area contributed by atoms with E-state index >= 15 is 0 Å². The van der Waals surface area contributed by atoms with Crippen LogP contribution in [0.15, 0.2) is 6.07 Å². The van der Waals surface area contributed by atoms with E-state index in [1.54, 1.807) is 24.8 Å². The molecule has 6 nitrogen and oxygen atoms in total. The van der Waals surface area contributed by atoms with Crippen LogP contribution in [-0.2, 0) is 11.2 Å². The van der Waals surface area contributed by atoms with E-state index in [9.17, 15) is 9.59 Å². The second-order valence-corrected chi connectivity index (χ2v) is 4.67. The van der Waals surface area contributed by atoms with Crippen molar-refractivity contribution >= 4 is 11.8 Å². The van der Waals surface area contributed by atoms with E-state index in [4.69, 9.17) is 0 Å². The Hall–Kier alpha value is -1.98. The van der Waals surface area contributed by atoms with Crippen LogP contribution >= 0.6 is 0 Å². The average molecular weight is 262 g/mol. The van der Waals surface area contributed by atoms with Gasteiger partial charge < -0.3 is 10.2 Å². The first-order valence-electron chi connectivity index (χ1n) is 6.46. The van der Waals surface area contributed by atoms with E-state index in [0.29, 0.717) is 36.5 Å². The minimum absolute atomic E-state index is 0.114. The molecular weight excluding hydrogens is 244 g/mol. The van der Waals surface area contributed by atoms with Gasteiger partial charge in [-0.15, -0.1) is 0 Å². The minimum Gasteiger partial charge on any atom is -0.353 e. The van der Waals surface area contributed by atoms with Crippen LogP contribution in [0.2, 0.25) is 0 Å². The molecule has 6 heteroatoms. The van der Waals surface area contributed by atoms with Crippen molar-refractivity contribution in [2.24, 2.45) is 0 Å². The lowest BCUT2D eigenvalue weighted by Gasteiger charge is -2.33. The van der Waals surface area contributed by atoms with Crippen molar-refractivity contribution in [3.8, 4) is 0 Å². The van der Waals surface area contributed by atoms with Gasteiger partial charge in [0.2, 0.25) is 5.91 Å². The Balaban J connectivity index is 2.33. The fraction of sp³-hybridized carbons (Fsp3) is 0.538. The molecule has 1 atom stereocenters. The Morgan fingerprint density at radius 1 is 1.53 bits per heavy atom. The van der Waals surface area contributed by atoms with Gasteiger partial charge in [0.1, 0.15) is 6.04 Å². The van der Waals surface area contributed by atoms with Gasteiger partial charge in [-0.25, -0.2) is 0 Å². The molecule has 19 heavy (non-hydrogen) atoms. The summed E-state index contributed by atoms with van der Waals surface area (Å²) in [6.45, 7) is 6.49. The van der Waals surface area contributed by atoms with Crippen LogP contribution in [0, 0.1) is 6.92 Å². The summed E-state index contributed by atoms with van der Waals surface area (Å²) in [6, 6.07) is 1.30. The largest absolute Gasteiger partial charge is 0.353 e. The fourth-order valence-corrected chi connectivity index (χ4v) is 2.18. The minimum atomic E-state index is -0.445. The zero-order valence-corrected chi connectivity index (χ0v) is 11.4. The molecule has 1 aromatic heterocycles. The van der Waals surface area contributed by atoms with Gasteiger partial charge in [-0.05, 0) is 26.3 Å². The molecular formula is C13H18N4O2. The Morgan fingerprint density at radius 2 is 2.26 bits per heavy atom. The van der Waals surface area contributed by atoms with Crippen molar-refractivity contribution in [2.75, 3.05) is 13.1 Å². The highest BCUT2D eigenvalue weighted by molar-refractivity contribution is 5.98. The highest BCUT2D eigenvalue weighted by Crippen LogP contribution is 2.14. The van der Waals surface area contributed by atoms with E-state index in [0.717, 1.165) is 0 Å². The first-order chi connectivity index (χ1) is 9.04. The van der Waals surface area contributed by atoms with Crippen LogP contribution in [0.3, 0.4) is 0 Å². The standard InChI is InChI=1S/C13H18N4O2/c1-4-11-10(7-8(2)15-16-11)13(19)17-6-5-14-12(18)9(17)3/h7,9H,4-6H2,1-3H3,(H,14,18). The van der Waals surface area contributed by atoms with Crippen LogP contribution in [0.5, 0.6) is 0 Å². The van der Waals surface area contributed by atoms with Gasteiger partial charge in [-0.1, -0.05) is 6.92 Å². The molecule has 1 aliphatic heterocycles. The summed E-state index contributed by atoms with van der Waals surface area (Å²) in [4.78, 5) is 25.8. The van der Waals surface area contributed by atoms with Crippen LogP contribution in [0.4, 0.5) is 0 Å². The number of aryl methyl sites for hydroxylation is 2. The van der Waals surface area contributed by atoms with E-state index in [-0.39, 0.29) is 11.8 Å². The molecule has 102 valence electrons. The third-order valence-corrected chi connectivity index (χ3v) is 3.32. The summed E-state index contributed by atoms with van der Waals surface area (Å²) in [6.07, 6.45) is 0.642. The number of piperazine rings is 1. The van der Waals surface area contributed by atoms with E-state index < -0.39 is 6.04 Å². The monoisotopic (exact) mass is 262 g/mol. The van der Waals surface area contributed by atoms with E-state index in [1.165, 1.54) is 0 Å². The van der Waals surface area contributed by atoms with Gasteiger partial charge in [0.15, 0.2) is 0 Å². The van der Waals surface area contributed by atoms with Crippen molar-refractivity contribution in [3.05, 3.63) is 23.0 Å². The molecule has 1 N–H and O–H groups in total. The normalized spacial score (nSPS) is 19.2. The number of amides is 2. The second-order valence-electron chi connectivity index (χ2n) is 4.67. The zero-order chi connectivity index (χ0) is 14.0. The van der Waals surface area contributed by atoms with E-state index in [1.807, 2.05) is 6.92 Å². The fourth-order valence-electron chi connectivity index (χ4n) is 2.18. The lowest BCUT2D eigenvalue weighted by Crippen LogP contribution is -2.56. The van der Waals surface area contributed by atoms with Crippen molar-refractivity contribution < 1.29 is 9.59 Å². The molecule has 0 saturated carbocycles. The maximum absolute atomic E-state index is 12.6. The number of aromatic nitrogens is 2. The number of carbonyl (C=O) groups is 2. The molecule has 1 unspecified atom stereocenters. The van der Waals surface area contributed by atoms with Crippen molar-refractivity contribution in [1.82, 2.24) is 20.4 Å². The number of hydrogen-bond donors (Lipinski definition) is 1. The van der Waals surface area contributed by atoms with Crippen LogP contribution in [-0.4, -0.2) is 46.0 Å². The first kappa shape index (κ1) is 13.5. The third kappa shape index (κ3) is 2.57. The summed E-state index contributed by atoms with van der Waals surface area (Å²) >= 11 is 0. The second kappa shape index (κ2) is 5.34. The molecule has 0 aliphatic carbocycles. The zero-order valence-electron chi connectivity index (χ0n) is 11.4. The number of carbonyl (C=O) groups excluding carboxylic acids is 2. The Kier molecular flexibility index (Phi) is 3.78. The Labute approximate surface area is 112 Å². The predicted molar refractivity (Wildman–Crippen MR) is 69.7 cm³/mol. The van der Waals surface area contributed by atoms with Gasteiger partial charge in [0.05, 0.1) is 17.0 Å². The molecule has 1 fully saturated rings. The van der Waals surface area contributed by atoms with Gasteiger partial charge in [0.25, 0.3) is 5.91 Å². The first-order valence-corrected chi connectivity index (χ1v) is 6.46. The summed E-state index contributed by atoms with van der Waals surface area (Å²) in [5, 5.41) is 10.8. The van der Waals surface area contributed by atoms with Crippen LogP contribution in [0.25, 0.3) is 0 Å². The van der Waals surface area contributed by atoms with Gasteiger partial charge in [0, 0.05) is 13.1 Å². The van der Waals surface area contributed by atoms with Gasteiger partial charge >= 0.3 is 0 Å². The molecule has 2 rings (SSSR count). The number of nitrogens with zero attached hydrogens (tertiary/aromatic N) is 3. The molecule has 1 saturated heterocycles. The number of rotatable bonds is 2. The lowest BCUT2D eigenvalue weighted by molar-refractivity contribution is -0.127. The highest BCUT2D eigenvalue weighted by atomic mass is 16.2. The lowest BCUT2D eigenvalue weighted by atomic mass is 10.1. The molecule has 0 radical (unpaired) electrons. The molecule has 0 spiro atoms. The number of hydrogen-bond acceptors (Lipinski definition) is 4. The summed E-state index contributed by atoms with van der Waals surface area (Å²) < 4.78 is 0. The van der Waals surface area contributed by atoms with Crippen molar-refractivity contribution in [3.63, 3.8) is 0 Å². The van der Waals surface area contributed by atoms with Crippen LogP contribution in [0.1, 0.15) is 35.6 Å². The van der Waals surface area contributed by atoms with Gasteiger partial charge in [-0.2, -0.15) is 10.2 Å². The van der Waals surface area contributed by atoms with E-state index in [2.05, 4.69) is 15.5 Å². The molecule has 1 aromatic rings. The Bertz CT molecular complexity index is 515. The maximum Gasteiger partial charge on any atom is 0.256 e. The predicted octanol–water partition coefficient (Wildman–Crippen LogP) is 0.308. The molecule has 1 aliphatic rings. The van der Waals surface area contributed by atoms with Gasteiger partial charge in [-0.3, -0.25) is 9.59 Å². The van der Waals surface area contributed by atoms with Crippen LogP contribution < -0.4 is 5.32 Å². The number of nitrogens with one attached hydrogen (secondary N) is 1. The molecule has 2 amide bonds. The average Bonchev–Trinajstić information content (AvgIpc) is 2.41. The van der Waals surface area contributed by atoms with Crippen molar-refractivity contribution in [2.45, 2.75) is 33.2 Å². The summed E-state index contributed by atoms with van der Waals surface area (Å²) in [7, 11) is 0. The molecule has 0 bridgehead atoms.